The van der Waals surface area contributed by atoms with Gasteiger partial charge in [-0.1, -0.05) is 0 Å². The number of nitrogens with zero attached hydrogens (tertiary/aromatic N) is 1. The zero-order chi connectivity index (χ0) is 21.0. The molecule has 27 heavy (non-hydrogen) atoms. The van der Waals surface area contributed by atoms with Crippen molar-refractivity contribution in [2.45, 2.75) is 45.7 Å². The topological polar surface area (TPSA) is 111 Å². The second kappa shape index (κ2) is 18.9. The first kappa shape index (κ1) is 28.7. The van der Waals surface area contributed by atoms with E-state index in [9.17, 15) is 4.79 Å². The van der Waals surface area contributed by atoms with Crippen LogP contribution in [0, 0.1) is 0 Å². The summed E-state index contributed by atoms with van der Waals surface area (Å²) in [5.41, 5.74) is 5.48. The van der Waals surface area contributed by atoms with Gasteiger partial charge in [-0.25, -0.2) is 9.79 Å². The van der Waals surface area contributed by atoms with Crippen LogP contribution >= 0.6 is 0 Å². The molecule has 0 aromatic carbocycles. The number of aliphatic imine (C=N–C) groups is 1. The fraction of sp³-hybridized carbons (Fsp3) is 0.938. The molecule has 0 saturated carbocycles. The Morgan fingerprint density at radius 3 is 1.59 bits per heavy atom. The van der Waals surface area contributed by atoms with Crippen molar-refractivity contribution in [2.75, 3.05) is 54.2 Å². The molecular weight excluding hydrogens is 388 g/mol. The lowest BCUT2D eigenvalue weighted by Crippen LogP contribution is -2.46. The molecule has 0 amide bonds. The molecule has 0 spiro atoms. The van der Waals surface area contributed by atoms with Crippen molar-refractivity contribution in [3.8, 4) is 0 Å². The quantitative estimate of drug-likeness (QED) is 0.173. The van der Waals surface area contributed by atoms with Gasteiger partial charge in [-0.05, 0) is 40.2 Å². The number of hydrogen-bond acceptors (Lipinski definition) is 9. The van der Waals surface area contributed by atoms with Crippen LogP contribution in [0.4, 0.5) is 0 Å². The first-order chi connectivity index (χ1) is 13.0. The molecule has 0 heterocycles. The summed E-state index contributed by atoms with van der Waals surface area (Å²) in [6, 6.07) is 1.47. The van der Waals surface area contributed by atoms with Gasteiger partial charge in [0.05, 0.1) is 6.54 Å². The molecular formula is C16H38N2O7Si2. The Hall–Kier alpha value is -0.466. The lowest BCUT2D eigenvalue weighted by molar-refractivity contribution is 0.0710. The normalized spacial score (nSPS) is 11.5. The van der Waals surface area contributed by atoms with Gasteiger partial charge in [0.15, 0.2) is 0 Å². The average molecular weight is 427 g/mol. The number of hydrogen-bond donors (Lipinski definition) is 1. The van der Waals surface area contributed by atoms with Gasteiger partial charge in [0, 0.05) is 53.2 Å². The maximum Gasteiger partial charge on any atom is 0.500 e. The fourth-order valence-corrected chi connectivity index (χ4v) is 6.64. The van der Waals surface area contributed by atoms with Crippen LogP contribution in [-0.2, 0) is 31.4 Å². The van der Waals surface area contributed by atoms with E-state index in [2.05, 4.69) is 4.99 Å². The minimum atomic E-state index is -2.46. The van der Waals surface area contributed by atoms with Crippen molar-refractivity contribution < 1.29 is 31.4 Å². The minimum Gasteiger partial charge on any atom is -0.377 e. The molecule has 0 bridgehead atoms. The van der Waals surface area contributed by atoms with Gasteiger partial charge < -0.3 is 32.3 Å². The number of rotatable bonds is 16. The standard InChI is InChI=1S/C9H23NO3Si.C7H15NO4Si/c1-4-11-14(12-5-2,13-6-3)9-7-8-10;1-10-13(11-2,12-3)6-4-5-8-7-9/h4-10H2,1-3H3;4-6H2,1-3H3. The summed E-state index contributed by atoms with van der Waals surface area (Å²) in [7, 11) is -0.180. The van der Waals surface area contributed by atoms with Gasteiger partial charge in [0.25, 0.3) is 0 Å². The Morgan fingerprint density at radius 1 is 0.815 bits per heavy atom. The van der Waals surface area contributed by atoms with Crippen molar-refractivity contribution in [1.82, 2.24) is 0 Å². The van der Waals surface area contributed by atoms with E-state index < -0.39 is 17.6 Å². The van der Waals surface area contributed by atoms with Crippen LogP contribution in [-0.4, -0.2) is 77.9 Å². The second-order valence-electron chi connectivity index (χ2n) is 5.25. The Morgan fingerprint density at radius 2 is 1.26 bits per heavy atom. The first-order valence-electron chi connectivity index (χ1n) is 9.30. The van der Waals surface area contributed by atoms with Crippen LogP contribution in [0.1, 0.15) is 33.6 Å². The highest BCUT2D eigenvalue weighted by Gasteiger charge is 2.39. The van der Waals surface area contributed by atoms with Gasteiger partial charge in [0.1, 0.15) is 0 Å². The predicted octanol–water partition coefficient (Wildman–Crippen LogP) is 1.97. The van der Waals surface area contributed by atoms with Crippen LogP contribution < -0.4 is 5.73 Å². The molecule has 0 aromatic rings. The molecule has 0 aliphatic rings. The van der Waals surface area contributed by atoms with E-state index in [4.69, 9.17) is 32.3 Å². The number of nitrogens with two attached hydrogens (primary N) is 1. The van der Waals surface area contributed by atoms with Crippen molar-refractivity contribution >= 4 is 23.7 Å². The molecule has 0 fully saturated rings. The van der Waals surface area contributed by atoms with E-state index in [1.54, 1.807) is 21.3 Å². The first-order valence-corrected chi connectivity index (χ1v) is 13.2. The van der Waals surface area contributed by atoms with Crippen molar-refractivity contribution in [2.24, 2.45) is 10.7 Å². The van der Waals surface area contributed by atoms with Gasteiger partial charge in [0.2, 0.25) is 6.08 Å². The van der Waals surface area contributed by atoms with Gasteiger partial charge in [-0.15, -0.1) is 0 Å². The van der Waals surface area contributed by atoms with Crippen LogP contribution in [0.3, 0.4) is 0 Å². The highest BCUT2D eigenvalue weighted by Crippen LogP contribution is 2.17. The third-order valence-electron chi connectivity index (χ3n) is 3.53. The molecule has 11 heteroatoms. The highest BCUT2D eigenvalue weighted by atomic mass is 28.4. The van der Waals surface area contributed by atoms with E-state index in [1.807, 2.05) is 20.8 Å². The Kier molecular flexibility index (Phi) is 20.1. The SMILES string of the molecule is CCO[Si](CCCN)(OCC)OCC.CO[Si](CCCN=C=O)(OC)OC. The summed E-state index contributed by atoms with van der Waals surface area (Å²) in [6.45, 7) is 8.88. The maximum atomic E-state index is 9.76. The van der Waals surface area contributed by atoms with E-state index in [1.165, 1.54) is 6.08 Å². The number of isocyanates is 1. The summed E-state index contributed by atoms with van der Waals surface area (Å²) >= 11 is 0. The zero-order valence-corrected chi connectivity index (χ0v) is 19.7. The molecule has 0 aromatic heterocycles. The third kappa shape index (κ3) is 13.4. The van der Waals surface area contributed by atoms with E-state index in [-0.39, 0.29) is 0 Å². The summed E-state index contributed by atoms with van der Waals surface area (Å²) < 4.78 is 32.5. The van der Waals surface area contributed by atoms with Gasteiger partial charge >= 0.3 is 17.6 Å². The van der Waals surface area contributed by atoms with Crippen molar-refractivity contribution in [1.29, 1.82) is 0 Å². The van der Waals surface area contributed by atoms with Crippen LogP contribution in [0.15, 0.2) is 4.99 Å². The lowest BCUT2D eigenvalue weighted by Gasteiger charge is -2.28. The summed E-state index contributed by atoms with van der Waals surface area (Å²) in [5.74, 6) is 0. The smallest absolute Gasteiger partial charge is 0.377 e. The fourth-order valence-electron chi connectivity index (χ4n) is 2.30. The summed E-state index contributed by atoms with van der Waals surface area (Å²) in [5, 5.41) is 0. The molecule has 0 aliphatic carbocycles. The molecule has 2 N–H and O–H groups in total. The predicted molar refractivity (Wildman–Crippen MR) is 108 cm³/mol. The summed E-state index contributed by atoms with van der Waals surface area (Å²) in [6.07, 6.45) is 3.08. The second-order valence-corrected chi connectivity index (χ2v) is 11.1. The molecule has 0 atom stereocenters. The molecule has 0 saturated heterocycles. The monoisotopic (exact) mass is 426 g/mol. The minimum absolute atomic E-state index is 0.439. The van der Waals surface area contributed by atoms with E-state index in [0.29, 0.717) is 45.4 Å². The molecule has 162 valence electrons. The van der Waals surface area contributed by atoms with Crippen molar-refractivity contribution in [3.05, 3.63) is 0 Å². The Labute approximate surface area is 166 Å². The van der Waals surface area contributed by atoms with Crippen LogP contribution in [0.2, 0.25) is 12.1 Å². The molecule has 0 unspecified atom stereocenters. The zero-order valence-electron chi connectivity index (χ0n) is 17.7. The van der Waals surface area contributed by atoms with Gasteiger partial charge in [-0.3, -0.25) is 0 Å². The largest absolute Gasteiger partial charge is 0.500 e. The highest BCUT2D eigenvalue weighted by molar-refractivity contribution is 6.61. The maximum absolute atomic E-state index is 9.76. The lowest BCUT2D eigenvalue weighted by atomic mass is 10.5. The van der Waals surface area contributed by atoms with Crippen LogP contribution in [0.25, 0.3) is 0 Å². The molecule has 0 rings (SSSR count). The van der Waals surface area contributed by atoms with Gasteiger partial charge in [-0.2, -0.15) is 0 Å². The van der Waals surface area contributed by atoms with Crippen LogP contribution in [0.5, 0.6) is 0 Å². The molecule has 0 radical (unpaired) electrons. The Balaban J connectivity index is 0. The van der Waals surface area contributed by atoms with E-state index in [0.717, 1.165) is 12.5 Å². The average Bonchev–Trinajstić information content (AvgIpc) is 2.68. The summed E-state index contributed by atoms with van der Waals surface area (Å²) in [4.78, 5) is 13.2. The number of carbonyl (C=O) groups excluding carboxylic acids is 1. The van der Waals surface area contributed by atoms with Crippen molar-refractivity contribution in [3.63, 3.8) is 0 Å². The third-order valence-corrected chi connectivity index (χ3v) is 9.51. The Bertz CT molecular complexity index is 356. The van der Waals surface area contributed by atoms with E-state index >= 15 is 0 Å². The molecule has 9 nitrogen and oxygen atoms in total. The molecule has 0 aliphatic heterocycles.